The molecule has 2 aliphatic heterocycles. The topological polar surface area (TPSA) is 170 Å². The molecule has 0 saturated carbocycles. The quantitative estimate of drug-likeness (QED) is 0.110. The Morgan fingerprint density at radius 2 is 1.29 bits per heavy atom. The summed E-state index contributed by atoms with van der Waals surface area (Å²) in [5.74, 6) is -0.621. The van der Waals surface area contributed by atoms with E-state index in [4.69, 9.17) is 9.11 Å². The van der Waals surface area contributed by atoms with Crippen LogP contribution in [-0.4, -0.2) is 69.5 Å². The summed E-state index contributed by atoms with van der Waals surface area (Å²) in [6, 6.07) is 12.7. The first-order chi connectivity index (χ1) is 22.7. The summed E-state index contributed by atoms with van der Waals surface area (Å²) in [5.41, 5.74) is 3.80. The Bertz CT molecular complexity index is 1980. The lowest BCUT2D eigenvalue weighted by Crippen LogP contribution is -2.40. The summed E-state index contributed by atoms with van der Waals surface area (Å²) < 4.78 is 96.6. The molecular weight excluding hydrogens is 689 g/mol. The number of benzene rings is 2. The van der Waals surface area contributed by atoms with Crippen LogP contribution in [0.3, 0.4) is 0 Å². The van der Waals surface area contributed by atoms with Crippen molar-refractivity contribution in [1.82, 2.24) is 0 Å². The lowest BCUT2D eigenvalue weighted by atomic mass is 9.80. The molecule has 0 amide bonds. The average molecular weight is 735 g/mol. The van der Waals surface area contributed by atoms with Gasteiger partial charge < -0.3 is 9.80 Å². The van der Waals surface area contributed by atoms with E-state index in [9.17, 15) is 29.8 Å². The van der Waals surface area contributed by atoms with Crippen LogP contribution in [0.1, 0.15) is 64.5 Å². The Kier molecular flexibility index (Phi) is 11.7. The maximum atomic E-state index is 11.9. The molecular formula is C35H46N2O9S3. The van der Waals surface area contributed by atoms with E-state index in [1.54, 1.807) is 6.07 Å². The maximum Gasteiger partial charge on any atom is 0.294 e. The minimum Gasteiger partial charge on any atom is -0.364 e. The van der Waals surface area contributed by atoms with Crippen molar-refractivity contribution in [2.75, 3.05) is 34.4 Å². The van der Waals surface area contributed by atoms with Crippen LogP contribution in [0, 0.1) is 0 Å². The molecule has 0 fully saturated rings. The first-order valence-electron chi connectivity index (χ1n) is 16.1. The van der Waals surface area contributed by atoms with Crippen molar-refractivity contribution in [3.05, 3.63) is 102 Å². The number of allylic oxidation sites excluding steroid dienone is 7. The summed E-state index contributed by atoms with van der Waals surface area (Å²) in [4.78, 5) is 4.08. The molecule has 2 aliphatic rings. The molecule has 3 N–H and O–H groups in total. The van der Waals surface area contributed by atoms with Crippen LogP contribution in [0.25, 0.3) is 0 Å². The number of anilines is 2. The van der Waals surface area contributed by atoms with Crippen LogP contribution >= 0.6 is 0 Å². The Hall–Kier alpha value is -3.27. The highest BCUT2D eigenvalue weighted by molar-refractivity contribution is 7.86. The lowest BCUT2D eigenvalue weighted by molar-refractivity contribution is 0.466. The van der Waals surface area contributed by atoms with E-state index in [0.29, 0.717) is 37.9 Å². The van der Waals surface area contributed by atoms with Crippen molar-refractivity contribution in [3.8, 4) is 0 Å². The van der Waals surface area contributed by atoms with Crippen molar-refractivity contribution in [2.24, 2.45) is 0 Å². The number of para-hydroxylation sites is 1. The van der Waals surface area contributed by atoms with E-state index >= 15 is 0 Å². The highest BCUT2D eigenvalue weighted by Gasteiger charge is 2.43. The average Bonchev–Trinajstić information content (AvgIpc) is 3.34. The molecule has 0 aromatic heterocycles. The summed E-state index contributed by atoms with van der Waals surface area (Å²) in [7, 11) is -12.5. The van der Waals surface area contributed by atoms with Crippen LogP contribution in [0.15, 0.2) is 95.6 Å². The Balaban J connectivity index is 1.52. The normalized spacial score (nSPS) is 19.9. The molecule has 4 rings (SSSR count). The molecule has 11 nitrogen and oxygen atoms in total. The Morgan fingerprint density at radius 3 is 1.92 bits per heavy atom. The van der Waals surface area contributed by atoms with Crippen LogP contribution in [-0.2, 0) is 41.2 Å². The minimum absolute atomic E-state index is 0.0196. The fraction of sp³-hybridized carbons (Fsp3) is 0.429. The van der Waals surface area contributed by atoms with Crippen LogP contribution in [0.2, 0.25) is 0 Å². The molecule has 2 aromatic rings. The van der Waals surface area contributed by atoms with Gasteiger partial charge in [-0.2, -0.15) is 25.3 Å². The van der Waals surface area contributed by atoms with Gasteiger partial charge in [0.15, 0.2) is 0 Å². The van der Waals surface area contributed by atoms with Gasteiger partial charge in [0.2, 0.25) is 0 Å². The highest BCUT2D eigenvalue weighted by Crippen LogP contribution is 2.49. The van der Waals surface area contributed by atoms with E-state index in [1.165, 1.54) is 17.7 Å². The van der Waals surface area contributed by atoms with Gasteiger partial charge in [0.1, 0.15) is 0 Å². The Labute approximate surface area is 291 Å². The van der Waals surface area contributed by atoms with Gasteiger partial charge in [0.05, 0.1) is 22.4 Å². The van der Waals surface area contributed by atoms with Crippen LogP contribution in [0.5, 0.6) is 0 Å². The molecule has 2 heterocycles. The fourth-order valence-corrected chi connectivity index (χ4v) is 8.40. The standard InChI is InChI=1S/C35H46N2O9S3/c1-34(2)28-16-10-11-17-30(28)36(22-12-14-24-47(38,39)40)32(34)18-8-6-5-7-9-19-33-35(3,4)29-26-27(49(44,45)46)20-21-31(29)37(33)23-13-15-25-48(41,42)43/h5-11,16-21,26,32H,12-15,22-25H2,1-4H3,(H,38,39,40)(H,41,42,43)(H,44,45,46)/b6-5+,9-7+,18-8+,33-19+. The van der Waals surface area contributed by atoms with Crippen LogP contribution in [0.4, 0.5) is 11.4 Å². The van der Waals surface area contributed by atoms with E-state index in [0.717, 1.165) is 17.1 Å². The molecule has 0 bridgehead atoms. The number of nitrogens with zero attached hydrogens (tertiary/aromatic N) is 2. The lowest BCUT2D eigenvalue weighted by Gasteiger charge is -2.32. The molecule has 2 aromatic carbocycles. The van der Waals surface area contributed by atoms with Crippen molar-refractivity contribution >= 4 is 41.7 Å². The SMILES string of the molecule is CC1(C)\C(=C/C=C/C=C/C=C/C2N(CCCCS(=O)(=O)O)c3ccccc3C2(C)C)N(CCCCS(=O)(=O)O)c2ccc(S(=O)(=O)O)cc21. The molecule has 1 atom stereocenters. The molecule has 0 spiro atoms. The van der Waals surface area contributed by atoms with E-state index < -0.39 is 35.8 Å². The van der Waals surface area contributed by atoms with Gasteiger partial charge in [-0.3, -0.25) is 13.7 Å². The third kappa shape index (κ3) is 9.50. The maximum absolute atomic E-state index is 11.9. The zero-order valence-corrected chi connectivity index (χ0v) is 30.7. The molecule has 14 heteroatoms. The largest absolute Gasteiger partial charge is 0.364 e. The van der Waals surface area contributed by atoms with Gasteiger partial charge >= 0.3 is 0 Å². The van der Waals surface area contributed by atoms with Gasteiger partial charge in [0, 0.05) is 41.0 Å². The number of rotatable bonds is 15. The van der Waals surface area contributed by atoms with Crippen molar-refractivity contribution in [3.63, 3.8) is 0 Å². The van der Waals surface area contributed by atoms with Gasteiger partial charge in [0.25, 0.3) is 30.4 Å². The highest BCUT2D eigenvalue weighted by atomic mass is 32.2. The summed E-state index contributed by atoms with van der Waals surface area (Å²) in [6.45, 7) is 9.34. The van der Waals surface area contributed by atoms with Gasteiger partial charge in [-0.05, 0) is 67.2 Å². The van der Waals surface area contributed by atoms with Gasteiger partial charge in [-0.1, -0.05) is 82.4 Å². The summed E-state index contributed by atoms with van der Waals surface area (Å²) >= 11 is 0. The third-order valence-electron chi connectivity index (χ3n) is 9.22. The zero-order valence-electron chi connectivity index (χ0n) is 28.2. The predicted octanol–water partition coefficient (Wildman–Crippen LogP) is 6.09. The fourth-order valence-electron chi connectivity index (χ4n) is 6.76. The number of hydrogen-bond acceptors (Lipinski definition) is 8. The van der Waals surface area contributed by atoms with Crippen LogP contribution < -0.4 is 9.80 Å². The third-order valence-corrected chi connectivity index (χ3v) is 11.7. The molecule has 1 unspecified atom stereocenters. The van der Waals surface area contributed by atoms with E-state index in [2.05, 4.69) is 37.0 Å². The molecule has 49 heavy (non-hydrogen) atoms. The minimum atomic E-state index is -4.42. The van der Waals surface area contributed by atoms with Gasteiger partial charge in [-0.15, -0.1) is 0 Å². The first kappa shape index (κ1) is 38.5. The smallest absolute Gasteiger partial charge is 0.294 e. The number of unbranched alkanes of at least 4 members (excludes halogenated alkanes) is 2. The molecule has 0 aliphatic carbocycles. The second-order valence-corrected chi connectivity index (χ2v) is 18.1. The van der Waals surface area contributed by atoms with Gasteiger partial charge in [-0.25, -0.2) is 0 Å². The second kappa shape index (κ2) is 14.9. The number of fused-ring (bicyclic) bond motifs is 2. The summed E-state index contributed by atoms with van der Waals surface area (Å²) in [5, 5.41) is 0. The van der Waals surface area contributed by atoms with Crippen molar-refractivity contribution in [1.29, 1.82) is 0 Å². The summed E-state index contributed by atoms with van der Waals surface area (Å²) in [6.07, 6.45) is 15.3. The molecule has 0 radical (unpaired) electrons. The monoisotopic (exact) mass is 734 g/mol. The second-order valence-electron chi connectivity index (χ2n) is 13.5. The first-order valence-corrected chi connectivity index (χ1v) is 20.8. The van der Waals surface area contributed by atoms with E-state index in [-0.39, 0.29) is 34.3 Å². The number of hydrogen-bond donors (Lipinski definition) is 3. The molecule has 268 valence electrons. The molecule has 0 saturated heterocycles. The Morgan fingerprint density at radius 1 is 0.694 bits per heavy atom. The predicted molar refractivity (Wildman–Crippen MR) is 194 cm³/mol. The zero-order chi connectivity index (χ0) is 36.3. The van der Waals surface area contributed by atoms with Crippen molar-refractivity contribution < 1.29 is 38.9 Å². The van der Waals surface area contributed by atoms with Crippen molar-refractivity contribution in [2.45, 2.75) is 75.1 Å². The van der Waals surface area contributed by atoms with E-state index in [1.807, 2.05) is 67.3 Å².